The first kappa shape index (κ1) is 14.9. The van der Waals surface area contributed by atoms with E-state index in [-0.39, 0.29) is 12.5 Å². The van der Waals surface area contributed by atoms with Crippen molar-refractivity contribution in [2.24, 2.45) is 0 Å². The Morgan fingerprint density at radius 1 is 1.18 bits per heavy atom. The highest BCUT2D eigenvalue weighted by Gasteiger charge is 2.28. The molecule has 4 heteroatoms. The minimum absolute atomic E-state index is 0.0498. The normalized spacial score (nSPS) is 14.5. The maximum Gasteiger partial charge on any atom is 0.289 e. The van der Waals surface area contributed by atoms with E-state index in [1.165, 1.54) is 0 Å². The van der Waals surface area contributed by atoms with Crippen molar-refractivity contribution in [2.75, 3.05) is 13.1 Å². The zero-order chi connectivity index (χ0) is 15.5. The Labute approximate surface area is 130 Å². The summed E-state index contributed by atoms with van der Waals surface area (Å²) in [6, 6.07) is 9.64. The number of hydrogen-bond acceptors (Lipinski definition) is 3. The SMILES string of the molecule is CCc1c(C(=O)N2CCCC2)oc(-c2ccccc2)c1CO. The fraction of sp³-hybridized carbons (Fsp3) is 0.389. The molecule has 0 atom stereocenters. The molecular weight excluding hydrogens is 278 g/mol. The summed E-state index contributed by atoms with van der Waals surface area (Å²) in [6.07, 6.45) is 2.76. The summed E-state index contributed by atoms with van der Waals surface area (Å²) in [5.41, 5.74) is 2.45. The number of furan rings is 1. The van der Waals surface area contributed by atoms with Gasteiger partial charge in [0.2, 0.25) is 0 Å². The number of amides is 1. The smallest absolute Gasteiger partial charge is 0.289 e. The Balaban J connectivity index is 2.07. The highest BCUT2D eigenvalue weighted by Crippen LogP contribution is 2.33. The summed E-state index contributed by atoms with van der Waals surface area (Å²) in [5, 5.41) is 9.77. The van der Waals surface area contributed by atoms with E-state index in [2.05, 4.69) is 0 Å². The molecule has 1 saturated heterocycles. The van der Waals surface area contributed by atoms with Gasteiger partial charge in [-0.25, -0.2) is 0 Å². The number of aliphatic hydroxyl groups is 1. The first-order chi connectivity index (χ1) is 10.8. The summed E-state index contributed by atoms with van der Waals surface area (Å²) in [6.45, 7) is 3.44. The summed E-state index contributed by atoms with van der Waals surface area (Å²) < 4.78 is 5.94. The molecule has 0 spiro atoms. The second-order valence-corrected chi connectivity index (χ2v) is 5.59. The van der Waals surface area contributed by atoms with Gasteiger partial charge in [-0.1, -0.05) is 37.3 Å². The van der Waals surface area contributed by atoms with Gasteiger partial charge in [0.25, 0.3) is 5.91 Å². The number of rotatable bonds is 4. The van der Waals surface area contributed by atoms with Crippen LogP contribution in [0, 0.1) is 0 Å². The van der Waals surface area contributed by atoms with Crippen LogP contribution in [0.15, 0.2) is 34.7 Å². The largest absolute Gasteiger partial charge is 0.450 e. The number of nitrogens with zero attached hydrogens (tertiary/aromatic N) is 1. The number of aliphatic hydroxyl groups excluding tert-OH is 1. The molecule has 0 saturated carbocycles. The molecule has 4 nitrogen and oxygen atoms in total. The minimum atomic E-state index is -0.121. The molecule has 116 valence electrons. The standard InChI is InChI=1S/C18H21NO3/c1-2-14-15(12-20)16(13-8-4-3-5-9-13)22-17(14)18(21)19-10-6-7-11-19/h3-5,8-9,20H,2,6-7,10-12H2,1H3. The predicted molar refractivity (Wildman–Crippen MR) is 84.6 cm³/mol. The van der Waals surface area contributed by atoms with Gasteiger partial charge in [0.15, 0.2) is 5.76 Å². The second kappa shape index (κ2) is 6.36. The fourth-order valence-electron chi connectivity index (χ4n) is 3.10. The van der Waals surface area contributed by atoms with Crippen LogP contribution in [0.1, 0.15) is 41.4 Å². The molecule has 1 fully saturated rings. The number of benzene rings is 1. The van der Waals surface area contributed by atoms with Crippen LogP contribution in [0.4, 0.5) is 0 Å². The molecule has 1 N–H and O–H groups in total. The molecule has 22 heavy (non-hydrogen) atoms. The van der Waals surface area contributed by atoms with Crippen LogP contribution >= 0.6 is 0 Å². The van der Waals surface area contributed by atoms with Crippen molar-refractivity contribution in [2.45, 2.75) is 32.8 Å². The molecule has 3 rings (SSSR count). The molecule has 1 aliphatic rings. The first-order valence-corrected chi connectivity index (χ1v) is 7.86. The fourth-order valence-corrected chi connectivity index (χ4v) is 3.10. The summed E-state index contributed by atoms with van der Waals surface area (Å²) >= 11 is 0. The van der Waals surface area contributed by atoms with Gasteiger partial charge in [-0.2, -0.15) is 0 Å². The van der Waals surface area contributed by atoms with Crippen molar-refractivity contribution in [1.29, 1.82) is 0 Å². The highest BCUT2D eigenvalue weighted by molar-refractivity contribution is 5.94. The quantitative estimate of drug-likeness (QED) is 0.943. The Morgan fingerprint density at radius 3 is 2.45 bits per heavy atom. The van der Waals surface area contributed by atoms with Crippen LogP contribution in [-0.4, -0.2) is 29.0 Å². The van der Waals surface area contributed by atoms with Gasteiger partial charge in [0.05, 0.1) is 6.61 Å². The van der Waals surface area contributed by atoms with Crippen molar-refractivity contribution in [1.82, 2.24) is 4.90 Å². The van der Waals surface area contributed by atoms with Crippen molar-refractivity contribution < 1.29 is 14.3 Å². The molecule has 1 aromatic heterocycles. The molecule has 1 amide bonds. The lowest BCUT2D eigenvalue weighted by molar-refractivity contribution is 0.0760. The molecule has 0 aliphatic carbocycles. The molecule has 0 unspecified atom stereocenters. The zero-order valence-electron chi connectivity index (χ0n) is 12.8. The van der Waals surface area contributed by atoms with Gasteiger partial charge in [0.1, 0.15) is 5.76 Å². The summed E-state index contributed by atoms with van der Waals surface area (Å²) in [7, 11) is 0. The molecule has 2 aromatic rings. The lowest BCUT2D eigenvalue weighted by Gasteiger charge is -2.14. The van der Waals surface area contributed by atoms with Crippen molar-refractivity contribution in [3.63, 3.8) is 0 Å². The minimum Gasteiger partial charge on any atom is -0.450 e. The van der Waals surface area contributed by atoms with E-state index in [0.29, 0.717) is 17.9 Å². The van der Waals surface area contributed by atoms with Crippen molar-refractivity contribution in [3.05, 3.63) is 47.2 Å². The van der Waals surface area contributed by atoms with Gasteiger partial charge < -0.3 is 14.4 Å². The summed E-state index contributed by atoms with van der Waals surface area (Å²) in [4.78, 5) is 14.5. The maximum atomic E-state index is 12.7. The van der Waals surface area contributed by atoms with E-state index in [9.17, 15) is 9.90 Å². The van der Waals surface area contributed by atoms with Crippen LogP contribution in [0.2, 0.25) is 0 Å². The maximum absolute atomic E-state index is 12.7. The Morgan fingerprint density at radius 2 is 1.86 bits per heavy atom. The van der Waals surface area contributed by atoms with Crippen LogP contribution in [-0.2, 0) is 13.0 Å². The van der Waals surface area contributed by atoms with Crippen LogP contribution in [0.3, 0.4) is 0 Å². The third kappa shape index (κ3) is 2.55. The Bertz CT molecular complexity index is 654. The zero-order valence-corrected chi connectivity index (χ0v) is 12.8. The molecule has 1 aromatic carbocycles. The van der Waals surface area contributed by atoms with E-state index in [0.717, 1.165) is 42.6 Å². The first-order valence-electron chi connectivity index (χ1n) is 7.86. The van der Waals surface area contributed by atoms with E-state index >= 15 is 0 Å². The number of carbonyl (C=O) groups excluding carboxylic acids is 1. The predicted octanol–water partition coefficient (Wildman–Crippen LogP) is 3.24. The average Bonchev–Trinajstić information content (AvgIpc) is 3.22. The molecule has 0 radical (unpaired) electrons. The Kier molecular flexibility index (Phi) is 4.29. The third-order valence-electron chi connectivity index (χ3n) is 4.25. The Hall–Kier alpha value is -2.07. The van der Waals surface area contributed by atoms with E-state index < -0.39 is 0 Å². The van der Waals surface area contributed by atoms with Gasteiger partial charge >= 0.3 is 0 Å². The van der Waals surface area contributed by atoms with Crippen LogP contribution < -0.4 is 0 Å². The molecule has 1 aliphatic heterocycles. The highest BCUT2D eigenvalue weighted by atomic mass is 16.4. The number of carbonyl (C=O) groups is 1. The van der Waals surface area contributed by atoms with Crippen molar-refractivity contribution >= 4 is 5.91 Å². The molecule has 2 heterocycles. The summed E-state index contributed by atoms with van der Waals surface area (Å²) in [5.74, 6) is 0.959. The molecular formula is C18H21NO3. The van der Waals surface area contributed by atoms with E-state index in [1.807, 2.05) is 42.2 Å². The third-order valence-corrected chi connectivity index (χ3v) is 4.25. The average molecular weight is 299 g/mol. The van der Waals surface area contributed by atoms with Crippen LogP contribution in [0.5, 0.6) is 0 Å². The van der Waals surface area contributed by atoms with Crippen molar-refractivity contribution in [3.8, 4) is 11.3 Å². The number of hydrogen-bond donors (Lipinski definition) is 1. The van der Waals surface area contributed by atoms with Gasteiger partial charge in [-0.15, -0.1) is 0 Å². The topological polar surface area (TPSA) is 53.7 Å². The van der Waals surface area contributed by atoms with E-state index in [1.54, 1.807) is 0 Å². The molecule has 0 bridgehead atoms. The van der Waals surface area contributed by atoms with Gasteiger partial charge in [0, 0.05) is 29.8 Å². The lowest BCUT2D eigenvalue weighted by Crippen LogP contribution is -2.28. The number of likely N-dealkylation sites (tertiary alicyclic amines) is 1. The monoisotopic (exact) mass is 299 g/mol. The lowest BCUT2D eigenvalue weighted by atomic mass is 10.0. The van der Waals surface area contributed by atoms with E-state index in [4.69, 9.17) is 4.42 Å². The van der Waals surface area contributed by atoms with Gasteiger partial charge in [-0.05, 0) is 19.3 Å². The second-order valence-electron chi connectivity index (χ2n) is 5.59. The van der Waals surface area contributed by atoms with Crippen LogP contribution in [0.25, 0.3) is 11.3 Å². The van der Waals surface area contributed by atoms with Gasteiger partial charge in [-0.3, -0.25) is 4.79 Å².